The van der Waals surface area contributed by atoms with Gasteiger partial charge in [0.15, 0.2) is 0 Å². The van der Waals surface area contributed by atoms with Crippen LogP contribution in [0, 0.1) is 0 Å². The van der Waals surface area contributed by atoms with Gasteiger partial charge in [-0.2, -0.15) is 0 Å². The van der Waals surface area contributed by atoms with Crippen LogP contribution in [0.2, 0.25) is 5.02 Å². The number of halogens is 2. The van der Waals surface area contributed by atoms with Gasteiger partial charge in [-0.15, -0.1) is 0 Å². The first-order valence-electron chi connectivity index (χ1n) is 7.26. The van der Waals surface area contributed by atoms with Crippen LogP contribution in [-0.2, 0) is 16.1 Å². The summed E-state index contributed by atoms with van der Waals surface area (Å²) in [5.74, 6) is 0.607. The molecule has 0 N–H and O–H groups in total. The van der Waals surface area contributed by atoms with Gasteiger partial charge in [0.1, 0.15) is 23.0 Å². The number of carbonyl (C=O) groups excluding carboxylic acids is 1. The maximum Gasteiger partial charge on any atom is 0.147 e. The van der Waals surface area contributed by atoms with Crippen molar-refractivity contribution >= 4 is 33.3 Å². The number of hydrogen-bond donors (Lipinski definition) is 0. The molecule has 2 aromatic rings. The molecule has 0 fully saturated rings. The second kappa shape index (κ2) is 9.06. The third-order valence-electron chi connectivity index (χ3n) is 3.20. The Labute approximate surface area is 149 Å². The van der Waals surface area contributed by atoms with Crippen molar-refractivity contribution < 1.29 is 14.3 Å². The van der Waals surface area contributed by atoms with Crippen LogP contribution in [0.15, 0.2) is 48.5 Å². The zero-order valence-corrected chi connectivity index (χ0v) is 15.1. The fourth-order valence-corrected chi connectivity index (χ4v) is 2.58. The fraction of sp³-hybridized carbons (Fsp3) is 0.278. The van der Waals surface area contributed by atoms with E-state index in [0.29, 0.717) is 30.6 Å². The summed E-state index contributed by atoms with van der Waals surface area (Å²) in [5.41, 5.74) is 1.89. The van der Waals surface area contributed by atoms with Crippen LogP contribution in [0.3, 0.4) is 0 Å². The molecule has 0 heterocycles. The number of alkyl halides is 1. The molecule has 122 valence electrons. The highest BCUT2D eigenvalue weighted by molar-refractivity contribution is 9.09. The van der Waals surface area contributed by atoms with E-state index in [1.807, 2.05) is 30.3 Å². The Morgan fingerprint density at radius 1 is 1.17 bits per heavy atom. The number of ketones is 1. The molecule has 0 aliphatic heterocycles. The molecule has 0 radical (unpaired) electrons. The van der Waals surface area contributed by atoms with Gasteiger partial charge in [0.05, 0.1) is 13.2 Å². The molecular weight excluding hydrogens is 380 g/mol. The molecule has 0 aromatic heterocycles. The van der Waals surface area contributed by atoms with Crippen molar-refractivity contribution in [2.24, 2.45) is 0 Å². The van der Waals surface area contributed by atoms with E-state index in [9.17, 15) is 4.79 Å². The van der Waals surface area contributed by atoms with Crippen LogP contribution < -0.4 is 4.74 Å². The highest BCUT2D eigenvalue weighted by Gasteiger charge is 2.17. The van der Waals surface area contributed by atoms with Gasteiger partial charge in [0.25, 0.3) is 0 Å². The van der Waals surface area contributed by atoms with Crippen LogP contribution in [0.5, 0.6) is 5.75 Å². The Hall–Kier alpha value is -1.36. The molecular formula is C18H18BrClO3. The van der Waals surface area contributed by atoms with Gasteiger partial charge in [-0.1, -0.05) is 63.9 Å². The number of carbonyl (C=O) groups is 1. The maximum absolute atomic E-state index is 11.6. The summed E-state index contributed by atoms with van der Waals surface area (Å²) in [7, 11) is 0. The molecule has 0 saturated carbocycles. The average molecular weight is 398 g/mol. The first kappa shape index (κ1) is 18.0. The van der Waals surface area contributed by atoms with Crippen molar-refractivity contribution in [3.8, 4) is 5.75 Å². The Bertz CT molecular complexity index is 646. The van der Waals surface area contributed by atoms with Gasteiger partial charge in [-0.05, 0) is 24.6 Å². The highest BCUT2D eigenvalue weighted by Crippen LogP contribution is 2.33. The topological polar surface area (TPSA) is 35.5 Å². The molecule has 1 atom stereocenters. The lowest BCUT2D eigenvalue weighted by Crippen LogP contribution is -2.10. The summed E-state index contributed by atoms with van der Waals surface area (Å²) in [4.78, 5) is 11.2. The van der Waals surface area contributed by atoms with Gasteiger partial charge < -0.3 is 9.47 Å². The Kier molecular flexibility index (Phi) is 7.09. The minimum atomic E-state index is -0.403. The molecule has 0 bridgehead atoms. The van der Waals surface area contributed by atoms with Crippen molar-refractivity contribution in [2.75, 3.05) is 13.2 Å². The van der Waals surface area contributed by atoms with E-state index in [1.165, 1.54) is 6.92 Å². The van der Waals surface area contributed by atoms with Crippen molar-refractivity contribution in [2.45, 2.75) is 18.4 Å². The van der Waals surface area contributed by atoms with Gasteiger partial charge in [0, 0.05) is 10.6 Å². The number of rotatable bonds is 8. The Morgan fingerprint density at radius 2 is 1.91 bits per heavy atom. The van der Waals surface area contributed by atoms with E-state index < -0.39 is 4.83 Å². The SMILES string of the molecule is CC(=O)C(Br)c1ccc(Cl)cc1OCCOCc1ccccc1. The van der Waals surface area contributed by atoms with Crippen molar-refractivity contribution in [1.29, 1.82) is 0 Å². The molecule has 0 amide bonds. The number of Topliss-reactive ketones (excluding diaryl/α,β-unsaturated/α-hetero) is 1. The fourth-order valence-electron chi connectivity index (χ4n) is 2.04. The largest absolute Gasteiger partial charge is 0.491 e. The average Bonchev–Trinajstić information content (AvgIpc) is 2.55. The predicted octanol–water partition coefficient (Wildman–Crippen LogP) is 4.96. The summed E-state index contributed by atoms with van der Waals surface area (Å²) in [6.45, 7) is 2.91. The van der Waals surface area contributed by atoms with E-state index in [4.69, 9.17) is 21.1 Å². The van der Waals surface area contributed by atoms with Crippen LogP contribution >= 0.6 is 27.5 Å². The molecule has 3 nitrogen and oxygen atoms in total. The molecule has 0 spiro atoms. The molecule has 0 aliphatic rings. The van der Waals surface area contributed by atoms with Gasteiger partial charge in [0.2, 0.25) is 0 Å². The third kappa shape index (κ3) is 5.65. The van der Waals surface area contributed by atoms with Gasteiger partial charge in [-0.3, -0.25) is 4.79 Å². The van der Waals surface area contributed by atoms with E-state index in [1.54, 1.807) is 18.2 Å². The summed E-state index contributed by atoms with van der Waals surface area (Å²) >= 11 is 9.38. The minimum absolute atomic E-state index is 0.0116. The summed E-state index contributed by atoms with van der Waals surface area (Å²) in [6, 6.07) is 15.2. The third-order valence-corrected chi connectivity index (χ3v) is 4.58. The van der Waals surface area contributed by atoms with E-state index in [0.717, 1.165) is 11.1 Å². The van der Waals surface area contributed by atoms with Crippen LogP contribution in [0.4, 0.5) is 0 Å². The molecule has 23 heavy (non-hydrogen) atoms. The maximum atomic E-state index is 11.6. The lowest BCUT2D eigenvalue weighted by atomic mass is 10.1. The Balaban J connectivity index is 1.87. The van der Waals surface area contributed by atoms with Crippen LogP contribution in [0.1, 0.15) is 22.9 Å². The monoisotopic (exact) mass is 396 g/mol. The molecule has 5 heteroatoms. The van der Waals surface area contributed by atoms with E-state index in [2.05, 4.69) is 15.9 Å². The standard InChI is InChI=1S/C18H18BrClO3/c1-13(21)18(19)16-8-7-15(20)11-17(16)23-10-9-22-12-14-5-3-2-4-6-14/h2-8,11,18H,9-10,12H2,1H3. The Morgan fingerprint density at radius 3 is 2.61 bits per heavy atom. The number of benzene rings is 2. The van der Waals surface area contributed by atoms with E-state index in [-0.39, 0.29) is 5.78 Å². The van der Waals surface area contributed by atoms with Gasteiger partial charge >= 0.3 is 0 Å². The van der Waals surface area contributed by atoms with Crippen molar-refractivity contribution in [3.05, 3.63) is 64.7 Å². The normalized spacial score (nSPS) is 12.0. The number of ether oxygens (including phenoxy) is 2. The molecule has 2 aromatic carbocycles. The smallest absolute Gasteiger partial charge is 0.147 e. The zero-order valence-electron chi connectivity index (χ0n) is 12.8. The molecule has 2 rings (SSSR count). The molecule has 0 saturated heterocycles. The lowest BCUT2D eigenvalue weighted by molar-refractivity contribution is -0.116. The summed E-state index contributed by atoms with van der Waals surface area (Å²) in [6.07, 6.45) is 0. The second-order valence-corrected chi connectivity index (χ2v) is 6.39. The quantitative estimate of drug-likeness (QED) is 0.466. The highest BCUT2D eigenvalue weighted by atomic mass is 79.9. The van der Waals surface area contributed by atoms with Crippen molar-refractivity contribution in [1.82, 2.24) is 0 Å². The lowest BCUT2D eigenvalue weighted by Gasteiger charge is -2.14. The summed E-state index contributed by atoms with van der Waals surface area (Å²) < 4.78 is 11.3. The van der Waals surface area contributed by atoms with Gasteiger partial charge in [-0.25, -0.2) is 0 Å². The molecule has 1 unspecified atom stereocenters. The number of hydrogen-bond acceptors (Lipinski definition) is 3. The first-order chi connectivity index (χ1) is 11.1. The van der Waals surface area contributed by atoms with Crippen molar-refractivity contribution in [3.63, 3.8) is 0 Å². The van der Waals surface area contributed by atoms with Crippen LogP contribution in [0.25, 0.3) is 0 Å². The second-order valence-electron chi connectivity index (χ2n) is 5.04. The van der Waals surface area contributed by atoms with E-state index >= 15 is 0 Å². The zero-order chi connectivity index (χ0) is 16.7. The molecule has 0 aliphatic carbocycles. The van der Waals surface area contributed by atoms with Crippen LogP contribution in [-0.4, -0.2) is 19.0 Å². The predicted molar refractivity (Wildman–Crippen MR) is 95.4 cm³/mol. The first-order valence-corrected chi connectivity index (χ1v) is 8.55. The summed E-state index contributed by atoms with van der Waals surface area (Å²) in [5, 5.41) is 0.567. The minimum Gasteiger partial charge on any atom is -0.491 e.